The van der Waals surface area contributed by atoms with E-state index >= 15 is 0 Å². The highest BCUT2D eigenvalue weighted by Crippen LogP contribution is 2.29. The van der Waals surface area contributed by atoms with Gasteiger partial charge in [-0.25, -0.2) is 0 Å². The Bertz CT molecular complexity index is 794. The first kappa shape index (κ1) is 16.0. The van der Waals surface area contributed by atoms with Crippen molar-refractivity contribution >= 4 is 23.0 Å². The van der Waals surface area contributed by atoms with E-state index < -0.39 is 11.7 Å². The highest BCUT2D eigenvalue weighted by Gasteiger charge is 2.25. The minimum Gasteiger partial charge on any atom is -0.347 e. The molecule has 0 saturated carbocycles. The molecular weight excluding hydrogens is 300 g/mol. The lowest BCUT2D eigenvalue weighted by atomic mass is 10.0. The van der Waals surface area contributed by atoms with Gasteiger partial charge in [0.15, 0.2) is 0 Å². The van der Waals surface area contributed by atoms with Gasteiger partial charge in [-0.15, -0.1) is 0 Å². The first-order valence-corrected chi connectivity index (χ1v) is 7.95. The van der Waals surface area contributed by atoms with Crippen LogP contribution in [0.4, 0.5) is 5.69 Å². The van der Waals surface area contributed by atoms with Crippen LogP contribution in [-0.4, -0.2) is 37.2 Å². The summed E-state index contributed by atoms with van der Waals surface area (Å²) in [5, 5.41) is 0. The summed E-state index contributed by atoms with van der Waals surface area (Å²) >= 11 is 0. The van der Waals surface area contributed by atoms with Crippen molar-refractivity contribution in [1.29, 1.82) is 0 Å². The smallest absolute Gasteiger partial charge is 0.294 e. The SMILES string of the molecule is CN(C)C(=O)C(=O)/C(=C/N1CCc2ccccc21)c1ccccc1. The van der Waals surface area contributed by atoms with Crippen LogP contribution in [0.15, 0.2) is 60.8 Å². The van der Waals surface area contributed by atoms with Gasteiger partial charge in [0.2, 0.25) is 0 Å². The molecule has 4 nitrogen and oxygen atoms in total. The van der Waals surface area contributed by atoms with Crippen molar-refractivity contribution in [3.8, 4) is 0 Å². The summed E-state index contributed by atoms with van der Waals surface area (Å²) in [7, 11) is 3.18. The molecule has 1 amide bonds. The van der Waals surface area contributed by atoms with Crippen LogP contribution in [0.2, 0.25) is 0 Å². The topological polar surface area (TPSA) is 40.6 Å². The van der Waals surface area contributed by atoms with Gasteiger partial charge in [-0.05, 0) is 23.6 Å². The highest BCUT2D eigenvalue weighted by atomic mass is 16.2. The Morgan fingerprint density at radius 2 is 1.67 bits per heavy atom. The second kappa shape index (κ2) is 6.71. The molecule has 0 aliphatic carbocycles. The van der Waals surface area contributed by atoms with Gasteiger partial charge in [0.05, 0.1) is 5.57 Å². The molecule has 2 aromatic rings. The molecule has 0 N–H and O–H groups in total. The van der Waals surface area contributed by atoms with Gasteiger partial charge in [-0.3, -0.25) is 9.59 Å². The minimum absolute atomic E-state index is 0.422. The normalized spacial score (nSPS) is 13.6. The fourth-order valence-electron chi connectivity index (χ4n) is 2.85. The number of carbonyl (C=O) groups excluding carboxylic acids is 2. The van der Waals surface area contributed by atoms with Gasteiger partial charge in [-0.2, -0.15) is 0 Å². The summed E-state index contributed by atoms with van der Waals surface area (Å²) < 4.78 is 0. The number of hydrogen-bond acceptors (Lipinski definition) is 3. The van der Waals surface area contributed by atoms with E-state index in [0.717, 1.165) is 24.2 Å². The lowest BCUT2D eigenvalue weighted by Gasteiger charge is -2.18. The predicted molar refractivity (Wildman–Crippen MR) is 95.6 cm³/mol. The first-order valence-electron chi connectivity index (χ1n) is 7.95. The number of anilines is 1. The molecule has 122 valence electrons. The zero-order chi connectivity index (χ0) is 17.1. The summed E-state index contributed by atoms with van der Waals surface area (Å²) in [5.74, 6) is -1.01. The highest BCUT2D eigenvalue weighted by molar-refractivity contribution is 6.53. The van der Waals surface area contributed by atoms with Crippen LogP contribution in [0.1, 0.15) is 11.1 Å². The Morgan fingerprint density at radius 1 is 1.00 bits per heavy atom. The summed E-state index contributed by atoms with van der Waals surface area (Å²) in [6.45, 7) is 0.805. The van der Waals surface area contributed by atoms with E-state index in [1.54, 1.807) is 14.1 Å². The van der Waals surface area contributed by atoms with Crippen LogP contribution in [0.3, 0.4) is 0 Å². The average Bonchev–Trinajstić information content (AvgIpc) is 3.02. The lowest BCUT2D eigenvalue weighted by Crippen LogP contribution is -2.31. The number of carbonyl (C=O) groups is 2. The number of rotatable bonds is 4. The third-order valence-corrected chi connectivity index (χ3v) is 4.14. The predicted octanol–water partition coefficient (Wildman–Crippen LogP) is 2.75. The standard InChI is InChI=1S/C20H20N2O2/c1-21(2)20(24)19(23)17(15-8-4-3-5-9-15)14-22-13-12-16-10-6-7-11-18(16)22/h3-11,14H,12-13H2,1-2H3/b17-14+. The maximum absolute atomic E-state index is 12.7. The monoisotopic (exact) mass is 320 g/mol. The molecule has 1 heterocycles. The number of amides is 1. The Morgan fingerprint density at radius 3 is 2.38 bits per heavy atom. The third-order valence-electron chi connectivity index (χ3n) is 4.14. The van der Waals surface area contributed by atoms with Crippen LogP contribution in [0, 0.1) is 0 Å². The summed E-state index contributed by atoms with van der Waals surface area (Å²) in [6.07, 6.45) is 2.75. The van der Waals surface area contributed by atoms with Gasteiger partial charge in [-0.1, -0.05) is 48.5 Å². The van der Waals surface area contributed by atoms with E-state index in [-0.39, 0.29) is 0 Å². The lowest BCUT2D eigenvalue weighted by molar-refractivity contribution is -0.139. The van der Waals surface area contributed by atoms with Crippen molar-refractivity contribution in [2.75, 3.05) is 25.5 Å². The maximum Gasteiger partial charge on any atom is 0.294 e. The van der Waals surface area contributed by atoms with Crippen LogP contribution < -0.4 is 4.90 Å². The van der Waals surface area contributed by atoms with Gasteiger partial charge in [0, 0.05) is 32.5 Å². The fraction of sp³-hybridized carbons (Fsp3) is 0.200. The molecule has 0 spiro atoms. The Kier molecular flexibility index (Phi) is 4.47. The summed E-state index contributed by atoms with van der Waals surface area (Å²) in [4.78, 5) is 28.3. The van der Waals surface area contributed by atoms with E-state index in [4.69, 9.17) is 0 Å². The van der Waals surface area contributed by atoms with E-state index in [1.165, 1.54) is 10.5 Å². The Hall–Kier alpha value is -2.88. The average molecular weight is 320 g/mol. The van der Waals surface area contributed by atoms with E-state index in [2.05, 4.69) is 11.0 Å². The molecule has 0 saturated heterocycles. The zero-order valence-corrected chi connectivity index (χ0v) is 13.9. The molecule has 0 radical (unpaired) electrons. The molecule has 4 heteroatoms. The van der Waals surface area contributed by atoms with Crippen LogP contribution in [-0.2, 0) is 16.0 Å². The minimum atomic E-state index is -0.516. The summed E-state index contributed by atoms with van der Waals surface area (Å²) in [6, 6.07) is 17.5. The zero-order valence-electron chi connectivity index (χ0n) is 13.9. The molecule has 1 aliphatic heterocycles. The third kappa shape index (κ3) is 3.08. The Balaban J connectivity index is 2.03. The molecule has 0 unspecified atom stereocenters. The molecule has 0 atom stereocenters. The number of para-hydroxylation sites is 1. The van der Waals surface area contributed by atoms with E-state index in [1.807, 2.05) is 54.7 Å². The molecule has 1 aliphatic rings. The fourth-order valence-corrected chi connectivity index (χ4v) is 2.85. The number of nitrogens with zero attached hydrogens (tertiary/aromatic N) is 2. The van der Waals surface area contributed by atoms with Crippen molar-refractivity contribution in [3.05, 3.63) is 71.9 Å². The molecule has 0 fully saturated rings. The largest absolute Gasteiger partial charge is 0.347 e. The number of ketones is 1. The van der Waals surface area contributed by atoms with Crippen molar-refractivity contribution in [3.63, 3.8) is 0 Å². The molecule has 0 bridgehead atoms. The first-order chi connectivity index (χ1) is 11.6. The number of Topliss-reactive ketones (excluding diaryl/α,β-unsaturated/α-hetero) is 1. The van der Waals surface area contributed by atoms with Gasteiger partial charge in [0.25, 0.3) is 11.7 Å². The second-order valence-electron chi connectivity index (χ2n) is 6.01. The van der Waals surface area contributed by atoms with E-state index in [9.17, 15) is 9.59 Å². The van der Waals surface area contributed by atoms with Crippen molar-refractivity contribution < 1.29 is 9.59 Å². The maximum atomic E-state index is 12.7. The Labute approximate surface area is 142 Å². The van der Waals surface area contributed by atoms with Crippen molar-refractivity contribution in [2.45, 2.75) is 6.42 Å². The summed E-state index contributed by atoms with van der Waals surface area (Å²) in [5.41, 5.74) is 3.52. The molecule has 3 rings (SSSR count). The second-order valence-corrected chi connectivity index (χ2v) is 6.01. The molecule has 0 aromatic heterocycles. The van der Waals surface area contributed by atoms with Crippen LogP contribution >= 0.6 is 0 Å². The molecule has 24 heavy (non-hydrogen) atoms. The van der Waals surface area contributed by atoms with Crippen LogP contribution in [0.5, 0.6) is 0 Å². The number of likely N-dealkylation sites (N-methyl/N-ethyl adjacent to an activating group) is 1. The van der Waals surface area contributed by atoms with Crippen molar-refractivity contribution in [2.24, 2.45) is 0 Å². The van der Waals surface area contributed by atoms with Crippen LogP contribution in [0.25, 0.3) is 5.57 Å². The number of fused-ring (bicyclic) bond motifs is 1. The van der Waals surface area contributed by atoms with Crippen molar-refractivity contribution in [1.82, 2.24) is 4.90 Å². The van der Waals surface area contributed by atoms with Gasteiger partial charge in [0.1, 0.15) is 0 Å². The van der Waals surface area contributed by atoms with E-state index in [0.29, 0.717) is 5.57 Å². The molecular formula is C20H20N2O2. The van der Waals surface area contributed by atoms with Gasteiger partial charge >= 0.3 is 0 Å². The van der Waals surface area contributed by atoms with Gasteiger partial charge < -0.3 is 9.80 Å². The quantitative estimate of drug-likeness (QED) is 0.642. The number of benzene rings is 2. The number of hydrogen-bond donors (Lipinski definition) is 0. The molecule has 2 aromatic carbocycles.